The van der Waals surface area contributed by atoms with Gasteiger partial charge in [0.2, 0.25) is 0 Å². The van der Waals surface area contributed by atoms with Crippen LogP contribution >= 0.6 is 0 Å². The molecule has 0 radical (unpaired) electrons. The van der Waals surface area contributed by atoms with E-state index >= 15 is 0 Å². The van der Waals surface area contributed by atoms with Gasteiger partial charge >= 0.3 is 6.18 Å². The lowest BCUT2D eigenvalue weighted by Gasteiger charge is -2.20. The second-order valence-corrected chi connectivity index (χ2v) is 6.48. The standard InChI is InChI=1S/C18H29F3N4O/c1-13(2)26-16-10-14(3)6-7-15(16)11-24-17(22-4)23-8-9-25(5)12-18(19,20)21/h6-7,10,13H,8-9,11-12H2,1-5H3,(H2,22,23,24). The smallest absolute Gasteiger partial charge is 0.401 e. The lowest BCUT2D eigenvalue weighted by molar-refractivity contribution is -0.142. The van der Waals surface area contributed by atoms with Crippen LogP contribution in [0.2, 0.25) is 0 Å². The number of aliphatic imine (C=N–C) groups is 1. The zero-order valence-electron chi connectivity index (χ0n) is 16.1. The Morgan fingerprint density at radius 3 is 2.54 bits per heavy atom. The largest absolute Gasteiger partial charge is 0.491 e. The summed E-state index contributed by atoms with van der Waals surface area (Å²) in [4.78, 5) is 5.31. The van der Waals surface area contributed by atoms with Gasteiger partial charge in [0.15, 0.2) is 5.96 Å². The normalized spacial score (nSPS) is 12.6. The summed E-state index contributed by atoms with van der Waals surface area (Å²) < 4.78 is 42.8. The van der Waals surface area contributed by atoms with Crippen LogP contribution in [-0.2, 0) is 6.54 Å². The summed E-state index contributed by atoms with van der Waals surface area (Å²) in [5.41, 5.74) is 2.10. The molecule has 2 N–H and O–H groups in total. The van der Waals surface area contributed by atoms with E-state index in [1.807, 2.05) is 39.0 Å². The SMILES string of the molecule is CN=C(NCCN(C)CC(F)(F)F)NCc1ccc(C)cc1OC(C)C. The molecule has 0 aromatic heterocycles. The minimum absolute atomic E-state index is 0.0668. The van der Waals surface area contributed by atoms with Crippen molar-refractivity contribution in [3.63, 3.8) is 0 Å². The van der Waals surface area contributed by atoms with Crippen molar-refractivity contribution < 1.29 is 17.9 Å². The summed E-state index contributed by atoms with van der Waals surface area (Å²) in [5, 5.41) is 6.18. The molecular formula is C18H29F3N4O. The van der Waals surface area contributed by atoms with Crippen molar-refractivity contribution in [2.45, 2.75) is 39.6 Å². The summed E-state index contributed by atoms with van der Waals surface area (Å²) >= 11 is 0. The maximum atomic E-state index is 12.3. The van der Waals surface area contributed by atoms with Gasteiger partial charge in [0.05, 0.1) is 12.6 Å². The number of ether oxygens (including phenoxy) is 1. The Morgan fingerprint density at radius 2 is 1.96 bits per heavy atom. The number of hydrogen-bond donors (Lipinski definition) is 2. The monoisotopic (exact) mass is 374 g/mol. The fourth-order valence-electron chi connectivity index (χ4n) is 2.32. The van der Waals surface area contributed by atoms with Crippen LogP contribution in [0, 0.1) is 6.92 Å². The number of likely N-dealkylation sites (N-methyl/N-ethyl adjacent to an activating group) is 1. The summed E-state index contributed by atoms with van der Waals surface area (Å²) in [5.74, 6) is 1.34. The number of alkyl halides is 3. The Labute approximate surface area is 153 Å². The van der Waals surface area contributed by atoms with Gasteiger partial charge < -0.3 is 15.4 Å². The molecule has 0 aliphatic heterocycles. The number of guanidine groups is 1. The molecule has 8 heteroatoms. The van der Waals surface area contributed by atoms with Crippen molar-refractivity contribution in [3.8, 4) is 5.75 Å². The number of benzene rings is 1. The average Bonchev–Trinajstić information content (AvgIpc) is 2.49. The van der Waals surface area contributed by atoms with Gasteiger partial charge in [0, 0.05) is 32.2 Å². The third kappa shape index (κ3) is 8.94. The summed E-state index contributed by atoms with van der Waals surface area (Å²) in [6.45, 7) is 6.12. The van der Waals surface area contributed by atoms with Gasteiger partial charge in [-0.15, -0.1) is 0 Å². The Hall–Kier alpha value is -1.96. The van der Waals surface area contributed by atoms with E-state index in [0.717, 1.165) is 16.9 Å². The average molecular weight is 374 g/mol. The molecule has 0 saturated heterocycles. The van der Waals surface area contributed by atoms with E-state index in [9.17, 15) is 13.2 Å². The van der Waals surface area contributed by atoms with Gasteiger partial charge in [-0.3, -0.25) is 9.89 Å². The fourth-order valence-corrected chi connectivity index (χ4v) is 2.32. The van der Waals surface area contributed by atoms with Gasteiger partial charge in [-0.25, -0.2) is 0 Å². The van der Waals surface area contributed by atoms with Crippen molar-refractivity contribution in [2.75, 3.05) is 33.7 Å². The minimum atomic E-state index is -4.19. The van der Waals surface area contributed by atoms with E-state index in [4.69, 9.17) is 4.74 Å². The van der Waals surface area contributed by atoms with Crippen LogP contribution in [0.1, 0.15) is 25.0 Å². The molecule has 0 heterocycles. The molecule has 0 aliphatic carbocycles. The molecule has 1 rings (SSSR count). The molecule has 0 fully saturated rings. The Kier molecular flexibility index (Phi) is 8.71. The molecule has 0 atom stereocenters. The van der Waals surface area contributed by atoms with Gasteiger partial charge in [-0.05, 0) is 39.4 Å². The van der Waals surface area contributed by atoms with E-state index in [1.165, 1.54) is 11.9 Å². The van der Waals surface area contributed by atoms with E-state index < -0.39 is 12.7 Å². The van der Waals surface area contributed by atoms with Crippen LogP contribution in [0.15, 0.2) is 23.2 Å². The fraction of sp³-hybridized carbons (Fsp3) is 0.611. The molecule has 0 saturated carbocycles. The zero-order chi connectivity index (χ0) is 19.7. The molecule has 1 aromatic carbocycles. The van der Waals surface area contributed by atoms with Crippen molar-refractivity contribution in [1.29, 1.82) is 0 Å². The first kappa shape index (κ1) is 22.1. The Bertz CT molecular complexity index is 588. The van der Waals surface area contributed by atoms with Crippen LogP contribution in [0.25, 0.3) is 0 Å². The molecule has 0 bridgehead atoms. The second-order valence-electron chi connectivity index (χ2n) is 6.48. The predicted molar refractivity (Wildman–Crippen MR) is 98.7 cm³/mol. The Morgan fingerprint density at radius 1 is 1.27 bits per heavy atom. The maximum Gasteiger partial charge on any atom is 0.401 e. The van der Waals surface area contributed by atoms with Crippen LogP contribution < -0.4 is 15.4 Å². The highest BCUT2D eigenvalue weighted by Crippen LogP contribution is 2.21. The molecule has 148 valence electrons. The molecule has 0 amide bonds. The molecule has 0 spiro atoms. The van der Waals surface area contributed by atoms with E-state index in [0.29, 0.717) is 19.0 Å². The number of nitrogens with zero attached hydrogens (tertiary/aromatic N) is 2. The van der Waals surface area contributed by atoms with Gasteiger partial charge in [-0.1, -0.05) is 12.1 Å². The number of hydrogen-bond acceptors (Lipinski definition) is 3. The van der Waals surface area contributed by atoms with Gasteiger partial charge in [-0.2, -0.15) is 13.2 Å². The molecule has 0 aliphatic rings. The van der Waals surface area contributed by atoms with Crippen LogP contribution in [-0.4, -0.2) is 56.9 Å². The first-order valence-electron chi connectivity index (χ1n) is 8.56. The maximum absolute atomic E-state index is 12.3. The third-order valence-corrected chi connectivity index (χ3v) is 3.49. The number of aryl methyl sites for hydroxylation is 1. The van der Waals surface area contributed by atoms with Gasteiger partial charge in [0.25, 0.3) is 0 Å². The zero-order valence-corrected chi connectivity index (χ0v) is 16.1. The van der Waals surface area contributed by atoms with Crippen molar-refractivity contribution >= 4 is 5.96 Å². The molecule has 1 aromatic rings. The van der Waals surface area contributed by atoms with Crippen LogP contribution in [0.3, 0.4) is 0 Å². The van der Waals surface area contributed by atoms with Crippen LogP contribution in [0.4, 0.5) is 13.2 Å². The minimum Gasteiger partial charge on any atom is -0.491 e. The first-order chi connectivity index (χ1) is 12.1. The van der Waals surface area contributed by atoms with Crippen molar-refractivity contribution in [1.82, 2.24) is 15.5 Å². The Balaban J connectivity index is 2.52. The van der Waals surface area contributed by atoms with Gasteiger partial charge in [0.1, 0.15) is 5.75 Å². The summed E-state index contributed by atoms with van der Waals surface area (Å²) in [6, 6.07) is 5.98. The number of nitrogens with one attached hydrogen (secondary N) is 2. The summed E-state index contributed by atoms with van der Waals surface area (Å²) in [6.07, 6.45) is -4.12. The molecule has 0 unspecified atom stereocenters. The van der Waals surface area contributed by atoms with E-state index in [1.54, 1.807) is 7.05 Å². The van der Waals surface area contributed by atoms with E-state index in [2.05, 4.69) is 15.6 Å². The topological polar surface area (TPSA) is 48.9 Å². The van der Waals surface area contributed by atoms with Crippen molar-refractivity contribution in [3.05, 3.63) is 29.3 Å². The second kappa shape index (κ2) is 10.3. The van der Waals surface area contributed by atoms with Crippen LogP contribution in [0.5, 0.6) is 5.75 Å². The molecule has 26 heavy (non-hydrogen) atoms. The van der Waals surface area contributed by atoms with E-state index in [-0.39, 0.29) is 12.6 Å². The molecular weight excluding hydrogens is 345 g/mol. The highest BCUT2D eigenvalue weighted by molar-refractivity contribution is 5.79. The lowest BCUT2D eigenvalue weighted by Crippen LogP contribution is -2.42. The lowest BCUT2D eigenvalue weighted by atomic mass is 10.1. The summed E-state index contributed by atoms with van der Waals surface area (Å²) in [7, 11) is 3.06. The predicted octanol–water partition coefficient (Wildman–Crippen LogP) is 2.94. The quantitative estimate of drug-likeness (QED) is 0.543. The highest BCUT2D eigenvalue weighted by Gasteiger charge is 2.28. The first-order valence-corrected chi connectivity index (χ1v) is 8.56. The third-order valence-electron chi connectivity index (χ3n) is 3.49. The molecule has 5 nitrogen and oxygen atoms in total. The highest BCUT2D eigenvalue weighted by atomic mass is 19.4. The van der Waals surface area contributed by atoms with Crippen molar-refractivity contribution in [2.24, 2.45) is 4.99 Å². The number of rotatable bonds is 8. The number of halogens is 3.